The molecule has 1 aromatic heterocycles. The van der Waals surface area contributed by atoms with E-state index in [0.717, 1.165) is 12.2 Å². The number of ether oxygens (including phenoxy) is 1. The fourth-order valence-corrected chi connectivity index (χ4v) is 1.26. The first-order valence-electron chi connectivity index (χ1n) is 6.04. The van der Waals surface area contributed by atoms with E-state index in [4.69, 9.17) is 10.5 Å². The summed E-state index contributed by atoms with van der Waals surface area (Å²) in [7, 11) is 0. The zero-order valence-corrected chi connectivity index (χ0v) is 11.4. The van der Waals surface area contributed by atoms with Gasteiger partial charge in [-0.05, 0) is 46.2 Å². The van der Waals surface area contributed by atoms with Crippen LogP contribution in [0.5, 0.6) is 5.88 Å². The molecule has 0 aliphatic carbocycles. The Hall–Kier alpha value is -1.45. The molecule has 3 N–H and O–H groups in total. The predicted molar refractivity (Wildman–Crippen MR) is 72.4 cm³/mol. The highest BCUT2D eigenvalue weighted by Crippen LogP contribution is 2.25. The van der Waals surface area contributed by atoms with Crippen molar-refractivity contribution in [2.24, 2.45) is 0 Å². The number of nitrogens with two attached hydrogens (primary N) is 1. The zero-order valence-electron chi connectivity index (χ0n) is 11.4. The smallest absolute Gasteiger partial charge is 0.239 e. The van der Waals surface area contributed by atoms with Crippen molar-refractivity contribution in [3.63, 3.8) is 0 Å². The average molecular weight is 237 g/mol. The second kappa shape index (κ2) is 5.25. The quantitative estimate of drug-likeness (QED) is 0.845. The molecule has 0 fully saturated rings. The van der Waals surface area contributed by atoms with Gasteiger partial charge in [0.1, 0.15) is 11.4 Å². The molecule has 1 atom stereocenters. The predicted octanol–water partition coefficient (Wildman–Crippen LogP) is 3.05. The van der Waals surface area contributed by atoms with Crippen molar-refractivity contribution in [3.05, 3.63) is 12.1 Å². The van der Waals surface area contributed by atoms with E-state index in [9.17, 15) is 0 Å². The second-order valence-electron chi connectivity index (χ2n) is 5.26. The molecule has 1 rings (SSSR count). The molecule has 0 bridgehead atoms. The maximum atomic E-state index is 5.84. The molecule has 0 amide bonds. The third-order valence-electron chi connectivity index (χ3n) is 2.30. The highest BCUT2D eigenvalue weighted by Gasteiger charge is 2.15. The molecular formula is C13H23N3O. The maximum absolute atomic E-state index is 5.84. The lowest BCUT2D eigenvalue weighted by atomic mass is 10.2. The lowest BCUT2D eigenvalue weighted by molar-refractivity contribution is 0.125. The molecule has 0 aliphatic heterocycles. The zero-order chi connectivity index (χ0) is 13.1. The second-order valence-corrected chi connectivity index (χ2v) is 5.26. The fourth-order valence-electron chi connectivity index (χ4n) is 1.26. The molecule has 1 heterocycles. The Morgan fingerprint density at radius 3 is 2.59 bits per heavy atom. The van der Waals surface area contributed by atoms with Gasteiger partial charge in [-0.1, -0.05) is 6.92 Å². The highest BCUT2D eigenvalue weighted by atomic mass is 16.5. The first-order valence-corrected chi connectivity index (χ1v) is 6.04. The van der Waals surface area contributed by atoms with E-state index in [1.165, 1.54) is 0 Å². The van der Waals surface area contributed by atoms with E-state index < -0.39 is 0 Å². The Morgan fingerprint density at radius 2 is 2.06 bits per heavy atom. The number of aromatic nitrogens is 1. The van der Waals surface area contributed by atoms with E-state index in [2.05, 4.69) is 24.1 Å². The Balaban J connectivity index is 2.87. The number of hydrogen-bond acceptors (Lipinski definition) is 4. The van der Waals surface area contributed by atoms with E-state index >= 15 is 0 Å². The summed E-state index contributed by atoms with van der Waals surface area (Å²) in [6.07, 6.45) is 1.04. The molecule has 96 valence electrons. The number of nitrogens with zero attached hydrogens (tertiary/aromatic N) is 1. The average Bonchev–Trinajstić information content (AvgIpc) is 2.21. The maximum Gasteiger partial charge on any atom is 0.239 e. The summed E-state index contributed by atoms with van der Waals surface area (Å²) in [5, 5.41) is 3.30. The molecule has 0 radical (unpaired) electrons. The van der Waals surface area contributed by atoms with Gasteiger partial charge in [0, 0.05) is 6.04 Å². The van der Waals surface area contributed by atoms with Crippen molar-refractivity contribution in [1.82, 2.24) is 4.98 Å². The van der Waals surface area contributed by atoms with Crippen LogP contribution in [0, 0.1) is 0 Å². The third-order valence-corrected chi connectivity index (χ3v) is 2.30. The molecular weight excluding hydrogens is 214 g/mol. The normalized spacial score (nSPS) is 13.2. The minimum Gasteiger partial charge on any atom is -0.470 e. The van der Waals surface area contributed by atoms with Crippen molar-refractivity contribution in [3.8, 4) is 5.88 Å². The third kappa shape index (κ3) is 4.51. The first kappa shape index (κ1) is 13.6. The number of nitrogens with one attached hydrogen (secondary N) is 1. The molecule has 17 heavy (non-hydrogen) atoms. The fraction of sp³-hybridized carbons (Fsp3) is 0.615. The Labute approximate surface area is 104 Å². The van der Waals surface area contributed by atoms with Crippen LogP contribution in [-0.2, 0) is 0 Å². The molecule has 1 aromatic rings. The van der Waals surface area contributed by atoms with Crippen LogP contribution in [0.2, 0.25) is 0 Å². The summed E-state index contributed by atoms with van der Waals surface area (Å²) in [5.41, 5.74) is 6.11. The van der Waals surface area contributed by atoms with Gasteiger partial charge in [0.15, 0.2) is 0 Å². The molecule has 4 heteroatoms. The first-order chi connectivity index (χ1) is 7.81. The number of nitrogen functional groups attached to an aromatic ring is 1. The van der Waals surface area contributed by atoms with Crippen molar-refractivity contribution < 1.29 is 4.74 Å². The largest absolute Gasteiger partial charge is 0.470 e. The van der Waals surface area contributed by atoms with Crippen molar-refractivity contribution >= 4 is 11.5 Å². The summed E-state index contributed by atoms with van der Waals surface area (Å²) in [6, 6.07) is 4.07. The van der Waals surface area contributed by atoms with E-state index in [-0.39, 0.29) is 5.60 Å². The van der Waals surface area contributed by atoms with Crippen LogP contribution in [-0.4, -0.2) is 16.6 Å². The molecule has 0 spiro atoms. The standard InChI is InChI=1S/C13H23N3O/c1-6-9(2)15-11-8-7-10(14)12(16-11)17-13(3,4)5/h7-9H,6,14H2,1-5H3,(H,15,16). The van der Waals surface area contributed by atoms with Gasteiger partial charge in [0.2, 0.25) is 5.88 Å². The minimum atomic E-state index is -0.296. The van der Waals surface area contributed by atoms with Crippen LogP contribution in [0.3, 0.4) is 0 Å². The summed E-state index contributed by atoms with van der Waals surface area (Å²) in [5.74, 6) is 1.29. The van der Waals surface area contributed by atoms with Crippen LogP contribution in [0.15, 0.2) is 12.1 Å². The van der Waals surface area contributed by atoms with Gasteiger partial charge in [-0.25, -0.2) is 0 Å². The van der Waals surface area contributed by atoms with Gasteiger partial charge in [0.05, 0.1) is 5.69 Å². The molecule has 4 nitrogen and oxygen atoms in total. The van der Waals surface area contributed by atoms with Gasteiger partial charge < -0.3 is 15.8 Å². The molecule has 1 unspecified atom stereocenters. The number of anilines is 2. The number of rotatable bonds is 4. The topological polar surface area (TPSA) is 60.2 Å². The van der Waals surface area contributed by atoms with Gasteiger partial charge in [-0.2, -0.15) is 4.98 Å². The summed E-state index contributed by atoms with van der Waals surface area (Å²) in [6.45, 7) is 10.2. The molecule has 0 saturated carbocycles. The molecule has 0 aromatic carbocycles. The van der Waals surface area contributed by atoms with Gasteiger partial charge in [0.25, 0.3) is 0 Å². The number of hydrogen-bond donors (Lipinski definition) is 2. The van der Waals surface area contributed by atoms with E-state index in [1.807, 2.05) is 32.9 Å². The van der Waals surface area contributed by atoms with Crippen LogP contribution < -0.4 is 15.8 Å². The molecule has 0 aliphatic rings. The van der Waals surface area contributed by atoms with Gasteiger partial charge in [-0.15, -0.1) is 0 Å². The SMILES string of the molecule is CCC(C)Nc1ccc(N)c(OC(C)(C)C)n1. The van der Waals surface area contributed by atoms with Crippen LogP contribution in [0.25, 0.3) is 0 Å². The van der Waals surface area contributed by atoms with Crippen molar-refractivity contribution in [1.29, 1.82) is 0 Å². The lowest BCUT2D eigenvalue weighted by Gasteiger charge is -2.22. The summed E-state index contributed by atoms with van der Waals surface area (Å²) in [4.78, 5) is 4.39. The Kier molecular flexibility index (Phi) is 4.21. The number of pyridine rings is 1. The summed E-state index contributed by atoms with van der Waals surface area (Å²) < 4.78 is 5.71. The molecule has 0 saturated heterocycles. The monoisotopic (exact) mass is 237 g/mol. The van der Waals surface area contributed by atoms with Crippen molar-refractivity contribution in [2.45, 2.75) is 52.7 Å². The van der Waals surface area contributed by atoms with E-state index in [1.54, 1.807) is 0 Å². The Morgan fingerprint density at radius 1 is 1.41 bits per heavy atom. The van der Waals surface area contributed by atoms with Gasteiger partial charge in [-0.3, -0.25) is 0 Å². The lowest BCUT2D eigenvalue weighted by Crippen LogP contribution is -2.24. The van der Waals surface area contributed by atoms with Gasteiger partial charge >= 0.3 is 0 Å². The van der Waals surface area contributed by atoms with Crippen molar-refractivity contribution in [2.75, 3.05) is 11.1 Å². The van der Waals surface area contributed by atoms with E-state index in [0.29, 0.717) is 17.6 Å². The van der Waals surface area contributed by atoms with Crippen LogP contribution in [0.4, 0.5) is 11.5 Å². The highest BCUT2D eigenvalue weighted by molar-refractivity contribution is 5.54. The minimum absolute atomic E-state index is 0.296. The Bertz CT molecular complexity index is 371. The van der Waals surface area contributed by atoms with Crippen LogP contribution >= 0.6 is 0 Å². The summed E-state index contributed by atoms with van der Waals surface area (Å²) >= 11 is 0. The van der Waals surface area contributed by atoms with Crippen LogP contribution in [0.1, 0.15) is 41.0 Å².